The van der Waals surface area contributed by atoms with Crippen LogP contribution in [0.4, 0.5) is 0 Å². The molecule has 0 atom stereocenters. The van der Waals surface area contributed by atoms with Gasteiger partial charge in [0.15, 0.2) is 0 Å². The molecule has 19 heavy (non-hydrogen) atoms. The van der Waals surface area contributed by atoms with E-state index in [1.165, 1.54) is 23.7 Å². The van der Waals surface area contributed by atoms with Crippen LogP contribution in [0.5, 0.6) is 11.6 Å². The van der Waals surface area contributed by atoms with Gasteiger partial charge in [-0.3, -0.25) is 0 Å². The second-order valence-electron chi connectivity index (χ2n) is 3.62. The summed E-state index contributed by atoms with van der Waals surface area (Å²) in [6.07, 6.45) is 1.44. The topological polar surface area (TPSA) is 35.0 Å². The van der Waals surface area contributed by atoms with Gasteiger partial charge in [-0.1, -0.05) is 34.8 Å². The van der Waals surface area contributed by atoms with Crippen molar-refractivity contribution in [2.75, 3.05) is 0 Å². The largest absolute Gasteiger partial charge is 0.437 e. The molecule has 0 aliphatic heterocycles. The van der Waals surface area contributed by atoms with Crippen molar-refractivity contribution < 1.29 is 4.74 Å². The summed E-state index contributed by atoms with van der Waals surface area (Å²) in [5.74, 6) is 0.841. The molecule has 0 saturated carbocycles. The second-order valence-corrected chi connectivity index (χ2v) is 5.73. The Hall–Kier alpha value is -1.07. The van der Waals surface area contributed by atoms with Crippen LogP contribution in [0.15, 0.2) is 29.9 Å². The maximum atomic E-state index is 6.07. The van der Waals surface area contributed by atoms with Crippen molar-refractivity contribution in [1.82, 2.24) is 9.97 Å². The molecular weight excluding hydrogens is 327 g/mol. The van der Waals surface area contributed by atoms with Crippen LogP contribution < -0.4 is 4.74 Å². The molecule has 1 aromatic carbocycles. The highest BCUT2D eigenvalue weighted by atomic mass is 35.5. The minimum Gasteiger partial charge on any atom is -0.437 e. The van der Waals surface area contributed by atoms with Crippen LogP contribution in [0.3, 0.4) is 0 Å². The number of fused-ring (bicyclic) bond motifs is 1. The molecule has 0 unspecified atom stereocenters. The van der Waals surface area contributed by atoms with Gasteiger partial charge in [0.25, 0.3) is 0 Å². The molecule has 0 aliphatic carbocycles. The number of thiophene rings is 1. The van der Waals surface area contributed by atoms with E-state index < -0.39 is 0 Å². The predicted octanol–water partition coefficient (Wildman–Crippen LogP) is 5.44. The van der Waals surface area contributed by atoms with Crippen molar-refractivity contribution in [2.45, 2.75) is 0 Å². The molecule has 0 radical (unpaired) electrons. The lowest BCUT2D eigenvalue weighted by atomic mass is 10.3. The van der Waals surface area contributed by atoms with Gasteiger partial charge in [-0.25, -0.2) is 9.97 Å². The predicted molar refractivity (Wildman–Crippen MR) is 79.0 cm³/mol. The van der Waals surface area contributed by atoms with Gasteiger partial charge in [0.05, 0.1) is 20.5 Å². The Morgan fingerprint density at radius 2 is 1.79 bits per heavy atom. The highest BCUT2D eigenvalue weighted by molar-refractivity contribution is 7.16. The third-order valence-corrected chi connectivity index (χ3v) is 4.24. The van der Waals surface area contributed by atoms with E-state index >= 15 is 0 Å². The standard InChI is InChI=1S/C12H5Cl3N2OS/c13-7-3-9(15)10(4-8(7)14)18-11-6-1-2-19-12(6)17-5-16-11/h1-5H. The highest BCUT2D eigenvalue weighted by Crippen LogP contribution is 2.37. The number of rotatable bonds is 2. The number of aromatic nitrogens is 2. The van der Waals surface area contributed by atoms with Crippen molar-refractivity contribution >= 4 is 56.4 Å². The van der Waals surface area contributed by atoms with Crippen LogP contribution in [0.25, 0.3) is 10.2 Å². The lowest BCUT2D eigenvalue weighted by Crippen LogP contribution is -1.90. The average Bonchev–Trinajstić information content (AvgIpc) is 2.85. The first-order valence-electron chi connectivity index (χ1n) is 5.16. The maximum Gasteiger partial charge on any atom is 0.231 e. The first kappa shape index (κ1) is 12.9. The number of benzene rings is 1. The van der Waals surface area contributed by atoms with Gasteiger partial charge < -0.3 is 4.74 Å². The van der Waals surface area contributed by atoms with Gasteiger partial charge in [-0.15, -0.1) is 11.3 Å². The molecule has 0 N–H and O–H groups in total. The molecule has 0 bridgehead atoms. The summed E-state index contributed by atoms with van der Waals surface area (Å²) in [5.41, 5.74) is 0. The summed E-state index contributed by atoms with van der Waals surface area (Å²) in [5, 5.41) is 3.87. The normalized spacial score (nSPS) is 10.9. The molecule has 0 fully saturated rings. The fourth-order valence-corrected chi connectivity index (χ4v) is 2.83. The number of hydrogen-bond donors (Lipinski definition) is 0. The molecule has 7 heteroatoms. The Kier molecular flexibility index (Phi) is 3.50. The lowest BCUT2D eigenvalue weighted by Gasteiger charge is -2.08. The Bertz CT molecular complexity index is 760. The van der Waals surface area contributed by atoms with E-state index in [4.69, 9.17) is 39.5 Å². The van der Waals surface area contributed by atoms with E-state index in [0.29, 0.717) is 26.7 Å². The van der Waals surface area contributed by atoms with Crippen molar-refractivity contribution in [3.05, 3.63) is 45.0 Å². The molecule has 3 nitrogen and oxygen atoms in total. The summed E-state index contributed by atoms with van der Waals surface area (Å²) >= 11 is 19.4. The Morgan fingerprint density at radius 1 is 1.00 bits per heavy atom. The van der Waals surface area contributed by atoms with E-state index in [-0.39, 0.29) is 0 Å². The first-order valence-corrected chi connectivity index (χ1v) is 7.17. The number of halogens is 3. The molecule has 3 aromatic rings. The zero-order chi connectivity index (χ0) is 13.4. The third kappa shape index (κ3) is 2.49. The lowest BCUT2D eigenvalue weighted by molar-refractivity contribution is 0.468. The Balaban J connectivity index is 2.06. The zero-order valence-electron chi connectivity index (χ0n) is 9.23. The van der Waals surface area contributed by atoms with Crippen molar-refractivity contribution in [3.63, 3.8) is 0 Å². The van der Waals surface area contributed by atoms with Crippen LogP contribution in [-0.4, -0.2) is 9.97 Å². The summed E-state index contributed by atoms with van der Waals surface area (Å²) in [4.78, 5) is 9.10. The monoisotopic (exact) mass is 330 g/mol. The summed E-state index contributed by atoms with van der Waals surface area (Å²) in [6, 6.07) is 4.99. The Labute approximate surface area is 127 Å². The van der Waals surface area contributed by atoms with Crippen molar-refractivity contribution in [3.8, 4) is 11.6 Å². The minimum absolute atomic E-state index is 0.372. The summed E-state index contributed by atoms with van der Waals surface area (Å²) in [7, 11) is 0. The van der Waals surface area contributed by atoms with E-state index in [2.05, 4.69) is 9.97 Å². The van der Waals surface area contributed by atoms with Crippen LogP contribution in [-0.2, 0) is 0 Å². The fraction of sp³-hybridized carbons (Fsp3) is 0. The Morgan fingerprint density at radius 3 is 2.63 bits per heavy atom. The molecule has 0 spiro atoms. The SMILES string of the molecule is Clc1cc(Cl)c(Oc2ncnc3sccc23)cc1Cl. The van der Waals surface area contributed by atoms with Gasteiger partial charge in [-0.05, 0) is 17.5 Å². The molecule has 0 aliphatic rings. The molecule has 2 aromatic heterocycles. The quantitative estimate of drug-likeness (QED) is 0.586. The van der Waals surface area contributed by atoms with Crippen molar-refractivity contribution in [1.29, 1.82) is 0 Å². The van der Waals surface area contributed by atoms with Gasteiger partial charge in [0.2, 0.25) is 5.88 Å². The van der Waals surface area contributed by atoms with E-state index in [1.54, 1.807) is 6.07 Å². The molecule has 0 saturated heterocycles. The van der Waals surface area contributed by atoms with Gasteiger partial charge in [-0.2, -0.15) is 0 Å². The molecule has 2 heterocycles. The van der Waals surface area contributed by atoms with Gasteiger partial charge in [0, 0.05) is 6.07 Å². The molecule has 0 amide bonds. The third-order valence-electron chi connectivity index (χ3n) is 2.41. The minimum atomic E-state index is 0.372. The maximum absolute atomic E-state index is 6.07. The first-order chi connectivity index (χ1) is 9.15. The van der Waals surface area contributed by atoms with Crippen molar-refractivity contribution in [2.24, 2.45) is 0 Å². The van der Waals surface area contributed by atoms with Crippen LogP contribution >= 0.6 is 46.1 Å². The second kappa shape index (κ2) is 5.13. The molecular formula is C12H5Cl3N2OS. The van der Waals surface area contributed by atoms with E-state index in [0.717, 1.165) is 10.2 Å². The highest BCUT2D eigenvalue weighted by Gasteiger charge is 2.11. The van der Waals surface area contributed by atoms with Crippen LogP contribution in [0.1, 0.15) is 0 Å². The van der Waals surface area contributed by atoms with Gasteiger partial charge in [0.1, 0.15) is 16.9 Å². The summed E-state index contributed by atoms with van der Waals surface area (Å²) < 4.78 is 5.70. The van der Waals surface area contributed by atoms with Gasteiger partial charge >= 0.3 is 0 Å². The smallest absolute Gasteiger partial charge is 0.231 e. The molecule has 96 valence electrons. The zero-order valence-corrected chi connectivity index (χ0v) is 12.3. The number of hydrogen-bond acceptors (Lipinski definition) is 4. The fourth-order valence-electron chi connectivity index (χ4n) is 1.54. The van der Waals surface area contributed by atoms with Crippen LogP contribution in [0, 0.1) is 0 Å². The summed E-state index contributed by atoms with van der Waals surface area (Å²) in [6.45, 7) is 0. The van der Waals surface area contributed by atoms with E-state index in [9.17, 15) is 0 Å². The van der Waals surface area contributed by atoms with Crippen LogP contribution in [0.2, 0.25) is 15.1 Å². The molecule has 3 rings (SSSR count). The number of nitrogens with zero attached hydrogens (tertiary/aromatic N) is 2. The number of ether oxygens (including phenoxy) is 1. The average molecular weight is 332 g/mol. The van der Waals surface area contributed by atoms with E-state index in [1.807, 2.05) is 11.4 Å².